The summed E-state index contributed by atoms with van der Waals surface area (Å²) >= 11 is 1.28. The Bertz CT molecular complexity index is 772. The largest absolute Gasteiger partial charge is 0.497 e. The number of aromatic nitrogens is 1. The molecule has 25 heavy (non-hydrogen) atoms. The van der Waals surface area contributed by atoms with Gasteiger partial charge in [-0.05, 0) is 31.2 Å². The highest BCUT2D eigenvalue weighted by Gasteiger charge is 2.22. The van der Waals surface area contributed by atoms with Crippen LogP contribution >= 0.6 is 11.3 Å². The maximum Gasteiger partial charge on any atom is 0.358 e. The van der Waals surface area contributed by atoms with E-state index in [1.165, 1.54) is 25.3 Å². The molecule has 0 unspecified atom stereocenters. The van der Waals surface area contributed by atoms with Crippen molar-refractivity contribution in [2.24, 2.45) is 0 Å². The standard InChI is InChI=1S/C16H17N3O5S/c1-9(13(20)19-16(22)17-2)24-15(21)12-8-25-14(18-12)10-4-6-11(23-3)7-5-10/h4-9H,1-3H3,(H2,17,19,20,22)/t9-/m1/s1. The SMILES string of the molecule is CNC(=O)NC(=O)[C@@H](C)OC(=O)c1csc(-c2ccc(OC)cc2)n1. The average molecular weight is 363 g/mol. The predicted molar refractivity (Wildman–Crippen MR) is 91.6 cm³/mol. The van der Waals surface area contributed by atoms with E-state index in [0.717, 1.165) is 11.3 Å². The number of thiazole rings is 1. The molecule has 0 aliphatic rings. The van der Waals surface area contributed by atoms with Crippen LogP contribution in [0.1, 0.15) is 17.4 Å². The molecule has 2 N–H and O–H groups in total. The summed E-state index contributed by atoms with van der Waals surface area (Å²) < 4.78 is 10.1. The van der Waals surface area contributed by atoms with Gasteiger partial charge in [0.1, 0.15) is 10.8 Å². The molecule has 132 valence electrons. The highest BCUT2D eigenvalue weighted by molar-refractivity contribution is 7.13. The molecule has 8 nitrogen and oxygen atoms in total. The van der Waals surface area contributed by atoms with Crippen molar-refractivity contribution in [2.75, 3.05) is 14.2 Å². The molecular formula is C16H17N3O5S. The molecule has 0 radical (unpaired) electrons. The zero-order valence-corrected chi connectivity index (χ0v) is 14.7. The summed E-state index contributed by atoms with van der Waals surface area (Å²) in [6.07, 6.45) is -1.13. The van der Waals surface area contributed by atoms with E-state index in [-0.39, 0.29) is 5.69 Å². The van der Waals surface area contributed by atoms with Crippen LogP contribution in [0.3, 0.4) is 0 Å². The molecule has 1 aromatic carbocycles. The van der Waals surface area contributed by atoms with Crippen LogP contribution in [0, 0.1) is 0 Å². The lowest BCUT2D eigenvalue weighted by Crippen LogP contribution is -2.43. The summed E-state index contributed by atoms with van der Waals surface area (Å²) in [5.41, 5.74) is 0.922. The predicted octanol–water partition coefficient (Wildman–Crippen LogP) is 1.82. The third kappa shape index (κ3) is 4.77. The number of nitrogens with zero attached hydrogens (tertiary/aromatic N) is 1. The number of hydrogen-bond acceptors (Lipinski definition) is 7. The summed E-state index contributed by atoms with van der Waals surface area (Å²) in [7, 11) is 2.95. The quantitative estimate of drug-likeness (QED) is 0.785. The fourth-order valence-corrected chi connectivity index (χ4v) is 2.58. The molecular weight excluding hydrogens is 346 g/mol. The van der Waals surface area contributed by atoms with Gasteiger partial charge in [0.25, 0.3) is 5.91 Å². The highest BCUT2D eigenvalue weighted by Crippen LogP contribution is 2.26. The van der Waals surface area contributed by atoms with Gasteiger partial charge in [0, 0.05) is 18.0 Å². The minimum atomic E-state index is -1.13. The number of urea groups is 1. The van der Waals surface area contributed by atoms with Gasteiger partial charge < -0.3 is 14.8 Å². The zero-order valence-electron chi connectivity index (χ0n) is 13.9. The Morgan fingerprint density at radius 3 is 2.48 bits per heavy atom. The van der Waals surface area contributed by atoms with Crippen molar-refractivity contribution in [2.45, 2.75) is 13.0 Å². The molecule has 9 heteroatoms. The number of esters is 1. The van der Waals surface area contributed by atoms with Crippen molar-refractivity contribution < 1.29 is 23.9 Å². The number of rotatable bonds is 5. The summed E-state index contributed by atoms with van der Waals surface area (Å²) in [5, 5.41) is 6.45. The fraction of sp³-hybridized carbons (Fsp3) is 0.250. The summed E-state index contributed by atoms with van der Waals surface area (Å²) in [4.78, 5) is 39.1. The number of methoxy groups -OCH3 is 1. The number of hydrogen-bond donors (Lipinski definition) is 2. The molecule has 0 bridgehead atoms. The Kier molecular flexibility index (Phi) is 6.07. The molecule has 0 spiro atoms. The molecule has 0 aliphatic carbocycles. The van der Waals surface area contributed by atoms with Crippen molar-refractivity contribution >= 4 is 29.2 Å². The second kappa shape index (κ2) is 8.25. The lowest BCUT2D eigenvalue weighted by atomic mass is 10.2. The van der Waals surface area contributed by atoms with E-state index in [2.05, 4.69) is 10.3 Å². The van der Waals surface area contributed by atoms with Crippen molar-refractivity contribution in [3.63, 3.8) is 0 Å². The highest BCUT2D eigenvalue weighted by atomic mass is 32.1. The van der Waals surface area contributed by atoms with E-state index >= 15 is 0 Å². The van der Waals surface area contributed by atoms with Crippen LogP contribution in [0.5, 0.6) is 5.75 Å². The van der Waals surface area contributed by atoms with Gasteiger partial charge >= 0.3 is 12.0 Å². The average Bonchev–Trinajstić information content (AvgIpc) is 3.11. The molecule has 0 saturated carbocycles. The number of carbonyl (C=O) groups excluding carboxylic acids is 3. The van der Waals surface area contributed by atoms with Gasteiger partial charge in [-0.3, -0.25) is 10.1 Å². The summed E-state index contributed by atoms with van der Waals surface area (Å²) in [6.45, 7) is 1.37. The van der Waals surface area contributed by atoms with Crippen LogP contribution in [0.2, 0.25) is 0 Å². The monoisotopic (exact) mass is 363 g/mol. The number of ether oxygens (including phenoxy) is 2. The molecule has 1 heterocycles. The van der Waals surface area contributed by atoms with Gasteiger partial charge in [-0.2, -0.15) is 0 Å². The van der Waals surface area contributed by atoms with Crippen molar-refractivity contribution in [1.29, 1.82) is 0 Å². The molecule has 0 aliphatic heterocycles. The maximum atomic E-state index is 12.1. The number of benzene rings is 1. The van der Waals surface area contributed by atoms with Gasteiger partial charge in [0.05, 0.1) is 7.11 Å². The van der Waals surface area contributed by atoms with E-state index in [1.54, 1.807) is 24.6 Å². The van der Waals surface area contributed by atoms with E-state index in [1.807, 2.05) is 17.4 Å². The van der Waals surface area contributed by atoms with E-state index in [0.29, 0.717) is 5.01 Å². The Labute approximate surface area is 148 Å². The van der Waals surface area contributed by atoms with Crippen LogP contribution in [-0.4, -0.2) is 43.2 Å². The molecule has 0 fully saturated rings. The first-order chi connectivity index (χ1) is 11.9. The smallest absolute Gasteiger partial charge is 0.358 e. The number of carbonyl (C=O) groups is 3. The second-order valence-corrected chi connectivity index (χ2v) is 5.74. The second-order valence-electron chi connectivity index (χ2n) is 4.88. The molecule has 1 atom stereocenters. The number of amides is 3. The van der Waals surface area contributed by atoms with Crippen LogP contribution in [0.15, 0.2) is 29.6 Å². The lowest BCUT2D eigenvalue weighted by molar-refractivity contribution is -0.127. The fourth-order valence-electron chi connectivity index (χ4n) is 1.78. The minimum absolute atomic E-state index is 0.0930. The summed E-state index contributed by atoms with van der Waals surface area (Å²) in [6, 6.07) is 6.56. The third-order valence-corrected chi connectivity index (χ3v) is 4.06. The van der Waals surface area contributed by atoms with Gasteiger partial charge in [-0.15, -0.1) is 11.3 Å². The van der Waals surface area contributed by atoms with Crippen LogP contribution in [0.25, 0.3) is 10.6 Å². The first-order valence-electron chi connectivity index (χ1n) is 7.28. The molecule has 0 saturated heterocycles. The number of imide groups is 1. The van der Waals surface area contributed by atoms with Crippen LogP contribution < -0.4 is 15.4 Å². The normalized spacial score (nSPS) is 11.3. The van der Waals surface area contributed by atoms with Crippen molar-refractivity contribution in [3.05, 3.63) is 35.3 Å². The Balaban J connectivity index is 2.02. The third-order valence-electron chi connectivity index (χ3n) is 3.17. The molecule has 2 aromatic rings. The molecule has 2 rings (SSSR count). The van der Waals surface area contributed by atoms with E-state index in [4.69, 9.17) is 9.47 Å². The summed E-state index contributed by atoms with van der Waals surface area (Å²) in [5.74, 6) is -0.746. The first-order valence-corrected chi connectivity index (χ1v) is 8.16. The molecule has 1 aromatic heterocycles. The van der Waals surface area contributed by atoms with Gasteiger partial charge in [-0.1, -0.05) is 0 Å². The van der Waals surface area contributed by atoms with Gasteiger partial charge in [0.2, 0.25) is 0 Å². The van der Waals surface area contributed by atoms with Crippen LogP contribution in [0.4, 0.5) is 4.79 Å². The lowest BCUT2D eigenvalue weighted by Gasteiger charge is -2.11. The van der Waals surface area contributed by atoms with Crippen molar-refractivity contribution in [3.8, 4) is 16.3 Å². The Morgan fingerprint density at radius 2 is 1.88 bits per heavy atom. The Hall–Kier alpha value is -2.94. The van der Waals surface area contributed by atoms with Gasteiger partial charge in [-0.25, -0.2) is 14.6 Å². The van der Waals surface area contributed by atoms with Crippen molar-refractivity contribution in [1.82, 2.24) is 15.6 Å². The first kappa shape index (κ1) is 18.4. The van der Waals surface area contributed by atoms with Crippen LogP contribution in [-0.2, 0) is 9.53 Å². The zero-order chi connectivity index (χ0) is 18.4. The maximum absolute atomic E-state index is 12.1. The minimum Gasteiger partial charge on any atom is -0.497 e. The number of nitrogens with one attached hydrogen (secondary N) is 2. The van der Waals surface area contributed by atoms with E-state index < -0.39 is 24.0 Å². The Morgan fingerprint density at radius 1 is 1.20 bits per heavy atom. The van der Waals surface area contributed by atoms with Gasteiger partial charge in [0.15, 0.2) is 11.8 Å². The molecule has 3 amide bonds. The van der Waals surface area contributed by atoms with E-state index in [9.17, 15) is 14.4 Å². The topological polar surface area (TPSA) is 107 Å².